The van der Waals surface area contributed by atoms with Gasteiger partial charge in [0.2, 0.25) is 0 Å². The van der Waals surface area contributed by atoms with Crippen LogP contribution in [0.25, 0.3) is 17.0 Å². The van der Waals surface area contributed by atoms with E-state index >= 15 is 0 Å². The number of hydrogen-bond donors (Lipinski definition) is 0. The lowest BCUT2D eigenvalue weighted by molar-refractivity contribution is -0.114. The SMILES string of the molecule is Cc1ccccc1OCCCn1cc(/C=C2/C(=O)N(c3ccccc3)C(=S)N2C)c2ccccc21. The van der Waals surface area contributed by atoms with E-state index in [1.165, 1.54) is 0 Å². The van der Waals surface area contributed by atoms with Gasteiger partial charge in [-0.2, -0.15) is 0 Å². The van der Waals surface area contributed by atoms with E-state index in [9.17, 15) is 4.79 Å². The molecule has 176 valence electrons. The molecule has 6 heteroatoms. The first-order valence-corrected chi connectivity index (χ1v) is 12.1. The van der Waals surface area contributed by atoms with Crippen molar-refractivity contribution in [3.8, 4) is 5.75 Å². The molecule has 3 aromatic carbocycles. The fourth-order valence-electron chi connectivity index (χ4n) is 4.42. The van der Waals surface area contributed by atoms with Gasteiger partial charge in [0.05, 0.1) is 12.3 Å². The average molecular weight is 482 g/mol. The molecule has 2 heterocycles. The summed E-state index contributed by atoms with van der Waals surface area (Å²) < 4.78 is 8.21. The van der Waals surface area contributed by atoms with Gasteiger partial charge in [-0.3, -0.25) is 9.69 Å². The molecule has 1 aliphatic heterocycles. The number of ether oxygens (including phenoxy) is 1. The Hall–Kier alpha value is -3.90. The molecule has 5 nitrogen and oxygen atoms in total. The Bertz CT molecular complexity index is 1420. The summed E-state index contributed by atoms with van der Waals surface area (Å²) in [5, 5.41) is 1.58. The minimum atomic E-state index is -0.118. The van der Waals surface area contributed by atoms with Crippen LogP contribution in [0.4, 0.5) is 5.69 Å². The van der Waals surface area contributed by atoms with Crippen molar-refractivity contribution in [2.45, 2.75) is 19.9 Å². The van der Waals surface area contributed by atoms with E-state index in [0.717, 1.165) is 46.4 Å². The molecule has 0 radical (unpaired) electrons. The molecule has 1 saturated heterocycles. The van der Waals surface area contributed by atoms with Crippen LogP contribution in [0.5, 0.6) is 5.75 Å². The van der Waals surface area contributed by atoms with Gasteiger partial charge in [-0.15, -0.1) is 0 Å². The molecule has 0 spiro atoms. The van der Waals surface area contributed by atoms with E-state index in [-0.39, 0.29) is 5.91 Å². The van der Waals surface area contributed by atoms with Gasteiger partial charge < -0.3 is 14.2 Å². The van der Waals surface area contributed by atoms with Crippen molar-refractivity contribution >= 4 is 45.9 Å². The summed E-state index contributed by atoms with van der Waals surface area (Å²) in [6, 6.07) is 25.9. The Labute approximate surface area is 210 Å². The summed E-state index contributed by atoms with van der Waals surface area (Å²) >= 11 is 5.61. The highest BCUT2D eigenvalue weighted by atomic mass is 32.1. The Kier molecular flexibility index (Phi) is 6.38. The van der Waals surface area contributed by atoms with Crippen molar-refractivity contribution in [3.63, 3.8) is 0 Å². The number of nitrogens with zero attached hydrogens (tertiary/aromatic N) is 3. The number of para-hydroxylation sites is 3. The first kappa shape index (κ1) is 22.9. The van der Waals surface area contributed by atoms with Gasteiger partial charge in [-0.05, 0) is 61.5 Å². The van der Waals surface area contributed by atoms with Gasteiger partial charge in [-0.25, -0.2) is 0 Å². The fraction of sp³-hybridized carbons (Fsp3) is 0.172. The van der Waals surface area contributed by atoms with Gasteiger partial charge in [0.25, 0.3) is 5.91 Å². The molecule has 5 rings (SSSR count). The summed E-state index contributed by atoms with van der Waals surface area (Å²) in [4.78, 5) is 16.7. The molecule has 35 heavy (non-hydrogen) atoms. The van der Waals surface area contributed by atoms with Crippen LogP contribution in [0.1, 0.15) is 17.5 Å². The fourth-order valence-corrected chi connectivity index (χ4v) is 4.71. The molecule has 1 fully saturated rings. The molecule has 0 saturated carbocycles. The third-order valence-electron chi connectivity index (χ3n) is 6.28. The Morgan fingerprint density at radius 1 is 0.943 bits per heavy atom. The van der Waals surface area contributed by atoms with Crippen molar-refractivity contribution in [2.75, 3.05) is 18.6 Å². The second-order valence-corrected chi connectivity index (χ2v) is 8.97. The lowest BCUT2D eigenvalue weighted by Crippen LogP contribution is -2.30. The third kappa shape index (κ3) is 4.45. The Morgan fingerprint density at radius 3 is 2.46 bits per heavy atom. The van der Waals surface area contributed by atoms with Gasteiger partial charge in [0.1, 0.15) is 11.4 Å². The first-order valence-electron chi connectivity index (χ1n) is 11.7. The monoisotopic (exact) mass is 481 g/mol. The summed E-state index contributed by atoms with van der Waals surface area (Å²) in [7, 11) is 1.84. The average Bonchev–Trinajstić information content (AvgIpc) is 3.33. The quantitative estimate of drug-likeness (QED) is 0.184. The second-order valence-electron chi connectivity index (χ2n) is 8.61. The van der Waals surface area contributed by atoms with Crippen LogP contribution in [0, 0.1) is 6.92 Å². The normalized spacial score (nSPS) is 15.0. The van der Waals surface area contributed by atoms with E-state index < -0.39 is 0 Å². The number of amides is 1. The van der Waals surface area contributed by atoms with E-state index in [1.807, 2.05) is 73.8 Å². The third-order valence-corrected chi connectivity index (χ3v) is 6.74. The van der Waals surface area contributed by atoms with Gasteiger partial charge >= 0.3 is 0 Å². The molecule has 1 aromatic heterocycles. The zero-order valence-electron chi connectivity index (χ0n) is 19.8. The summed E-state index contributed by atoms with van der Waals surface area (Å²) in [6.45, 7) is 3.50. The van der Waals surface area contributed by atoms with Gasteiger partial charge in [0.15, 0.2) is 5.11 Å². The predicted molar refractivity (Wildman–Crippen MR) is 145 cm³/mol. The number of likely N-dealkylation sites (N-methyl/N-ethyl adjacent to an activating group) is 1. The number of carbonyl (C=O) groups is 1. The summed E-state index contributed by atoms with van der Waals surface area (Å²) in [5.41, 5.74) is 4.60. The highest BCUT2D eigenvalue weighted by Gasteiger charge is 2.36. The van der Waals surface area contributed by atoms with Crippen molar-refractivity contribution < 1.29 is 9.53 Å². The molecule has 0 atom stereocenters. The number of hydrogen-bond acceptors (Lipinski definition) is 3. The predicted octanol–water partition coefficient (Wildman–Crippen LogP) is 6.02. The number of aromatic nitrogens is 1. The molecule has 0 bridgehead atoms. The largest absolute Gasteiger partial charge is 0.493 e. The lowest BCUT2D eigenvalue weighted by Gasteiger charge is -2.16. The number of fused-ring (bicyclic) bond motifs is 1. The first-order chi connectivity index (χ1) is 17.0. The molecule has 1 amide bonds. The molecular formula is C29H27N3O2S. The molecule has 1 aliphatic rings. The molecule has 0 aliphatic carbocycles. The van der Waals surface area contributed by atoms with Crippen molar-refractivity contribution in [3.05, 3.63) is 102 Å². The highest BCUT2D eigenvalue weighted by Crippen LogP contribution is 2.30. The maximum Gasteiger partial charge on any atom is 0.281 e. The number of aryl methyl sites for hydroxylation is 2. The molecule has 4 aromatic rings. The van der Waals surface area contributed by atoms with Gasteiger partial charge in [0, 0.05) is 36.3 Å². The van der Waals surface area contributed by atoms with Crippen LogP contribution < -0.4 is 9.64 Å². The van der Waals surface area contributed by atoms with Gasteiger partial charge in [-0.1, -0.05) is 54.6 Å². The second kappa shape index (κ2) is 9.76. The number of benzene rings is 3. The van der Waals surface area contributed by atoms with Crippen LogP contribution in [-0.2, 0) is 11.3 Å². The number of anilines is 1. The Balaban J connectivity index is 1.39. The highest BCUT2D eigenvalue weighted by molar-refractivity contribution is 7.80. The zero-order valence-corrected chi connectivity index (χ0v) is 20.7. The number of rotatable bonds is 7. The number of carbonyl (C=O) groups excluding carboxylic acids is 1. The van der Waals surface area contributed by atoms with E-state index in [4.69, 9.17) is 17.0 Å². The van der Waals surface area contributed by atoms with Crippen LogP contribution in [0.3, 0.4) is 0 Å². The van der Waals surface area contributed by atoms with Crippen LogP contribution in [0.2, 0.25) is 0 Å². The number of thiocarbonyl (C=S) groups is 1. The maximum absolute atomic E-state index is 13.4. The zero-order chi connectivity index (χ0) is 24.4. The van der Waals surface area contributed by atoms with Crippen LogP contribution in [-0.4, -0.2) is 34.1 Å². The van der Waals surface area contributed by atoms with E-state index in [0.29, 0.717) is 17.4 Å². The summed E-state index contributed by atoms with van der Waals surface area (Å²) in [6.07, 6.45) is 4.93. The van der Waals surface area contributed by atoms with Crippen molar-refractivity contribution in [1.82, 2.24) is 9.47 Å². The molecular weight excluding hydrogens is 454 g/mol. The van der Waals surface area contributed by atoms with Crippen molar-refractivity contribution in [1.29, 1.82) is 0 Å². The molecule has 0 N–H and O–H groups in total. The smallest absolute Gasteiger partial charge is 0.281 e. The Morgan fingerprint density at radius 2 is 1.66 bits per heavy atom. The topological polar surface area (TPSA) is 37.7 Å². The minimum absolute atomic E-state index is 0.118. The van der Waals surface area contributed by atoms with Crippen molar-refractivity contribution in [2.24, 2.45) is 0 Å². The minimum Gasteiger partial charge on any atom is -0.493 e. The van der Waals surface area contributed by atoms with E-state index in [1.54, 1.807) is 9.80 Å². The molecule has 0 unspecified atom stereocenters. The van der Waals surface area contributed by atoms with Crippen LogP contribution in [0.15, 0.2) is 90.8 Å². The van der Waals surface area contributed by atoms with E-state index in [2.05, 4.69) is 35.9 Å². The van der Waals surface area contributed by atoms with Crippen LogP contribution >= 0.6 is 12.2 Å². The lowest BCUT2D eigenvalue weighted by atomic mass is 10.1. The summed E-state index contributed by atoms with van der Waals surface area (Å²) in [5.74, 6) is 0.809. The standard InChI is InChI=1S/C29H27N3O2S/c1-21-11-6-9-16-27(21)34-18-10-17-31-20-22(24-14-7-8-15-25(24)31)19-26-28(33)32(29(35)30(26)2)23-12-4-3-5-13-23/h3-9,11-16,19-20H,10,17-18H2,1-2H3/b26-19-. The maximum atomic E-state index is 13.4.